The first kappa shape index (κ1) is 23.6. The number of anilines is 2. The summed E-state index contributed by atoms with van der Waals surface area (Å²) < 4.78 is 33.8. The zero-order valence-corrected chi connectivity index (χ0v) is 19.8. The highest BCUT2D eigenvalue weighted by atomic mass is 32.2. The molecule has 7 nitrogen and oxygen atoms in total. The van der Waals surface area contributed by atoms with Crippen LogP contribution in [-0.2, 0) is 16.4 Å². The summed E-state index contributed by atoms with van der Waals surface area (Å²) in [7, 11) is -2.41. The molecule has 0 saturated carbocycles. The number of ether oxygens (including phenoxy) is 1. The molecule has 1 heterocycles. The van der Waals surface area contributed by atoms with E-state index in [1.807, 2.05) is 6.07 Å². The van der Waals surface area contributed by atoms with Crippen LogP contribution in [0.25, 0.3) is 0 Å². The molecule has 0 aliphatic carbocycles. The van der Waals surface area contributed by atoms with Gasteiger partial charge in [-0.15, -0.1) is 0 Å². The lowest BCUT2D eigenvalue weighted by Crippen LogP contribution is -2.35. The van der Waals surface area contributed by atoms with E-state index in [0.29, 0.717) is 17.4 Å². The molecule has 3 aromatic rings. The van der Waals surface area contributed by atoms with Crippen LogP contribution in [0.3, 0.4) is 0 Å². The standard InChI is InChI=1S/C26H28N2O5S/c1-33-22-8-10-23(11-9-22)34(31,32)27-24-18-21(26(29)30)7-12-25(24)28-15-13-20(14-16-28)17-19-5-3-2-4-6-19/h2-12,18,20,27H,13-17H2,1H3,(H,29,30). The smallest absolute Gasteiger partial charge is 0.335 e. The first-order chi connectivity index (χ1) is 16.4. The lowest BCUT2D eigenvalue weighted by molar-refractivity contribution is 0.0697. The summed E-state index contributed by atoms with van der Waals surface area (Å²) in [4.78, 5) is 13.8. The third kappa shape index (κ3) is 5.51. The molecular formula is C26H28N2O5S. The first-order valence-corrected chi connectivity index (χ1v) is 12.7. The quantitative estimate of drug-likeness (QED) is 0.487. The molecule has 1 aliphatic rings. The number of carboxylic acids is 1. The fourth-order valence-corrected chi connectivity index (χ4v) is 5.38. The lowest BCUT2D eigenvalue weighted by Gasteiger charge is -2.35. The predicted octanol–water partition coefficient (Wildman–Crippen LogP) is 4.65. The maximum absolute atomic E-state index is 13.1. The average molecular weight is 481 g/mol. The van der Waals surface area contributed by atoms with Gasteiger partial charge in [-0.25, -0.2) is 13.2 Å². The number of methoxy groups -OCH3 is 1. The van der Waals surface area contributed by atoms with Crippen LogP contribution in [0, 0.1) is 5.92 Å². The Labute approximate surface area is 200 Å². The van der Waals surface area contributed by atoms with Gasteiger partial charge in [0.05, 0.1) is 28.9 Å². The number of sulfonamides is 1. The summed E-state index contributed by atoms with van der Waals surface area (Å²) in [6.07, 6.45) is 2.96. The van der Waals surface area contributed by atoms with Crippen LogP contribution < -0.4 is 14.4 Å². The summed E-state index contributed by atoms with van der Waals surface area (Å²) in [5.41, 5.74) is 2.28. The second kappa shape index (κ2) is 10.2. The zero-order valence-electron chi connectivity index (χ0n) is 19.0. The molecule has 34 heavy (non-hydrogen) atoms. The molecule has 0 aromatic heterocycles. The fourth-order valence-electron chi connectivity index (χ4n) is 4.31. The summed E-state index contributed by atoms with van der Waals surface area (Å²) >= 11 is 0. The van der Waals surface area contributed by atoms with Crippen LogP contribution in [0.15, 0.2) is 77.7 Å². The van der Waals surface area contributed by atoms with Crippen LogP contribution >= 0.6 is 0 Å². The lowest BCUT2D eigenvalue weighted by atomic mass is 9.90. The maximum atomic E-state index is 13.1. The van der Waals surface area contributed by atoms with Crippen molar-refractivity contribution in [2.24, 2.45) is 5.92 Å². The maximum Gasteiger partial charge on any atom is 0.335 e. The van der Waals surface area contributed by atoms with E-state index in [0.717, 1.165) is 32.4 Å². The predicted molar refractivity (Wildman–Crippen MR) is 132 cm³/mol. The van der Waals surface area contributed by atoms with Gasteiger partial charge in [-0.3, -0.25) is 4.72 Å². The second-order valence-electron chi connectivity index (χ2n) is 8.44. The number of hydrogen-bond donors (Lipinski definition) is 2. The number of piperidine rings is 1. The third-order valence-corrected chi connectivity index (χ3v) is 7.56. The molecule has 8 heteroatoms. The molecule has 1 saturated heterocycles. The summed E-state index contributed by atoms with van der Waals surface area (Å²) in [6.45, 7) is 1.53. The van der Waals surface area contributed by atoms with Crippen LogP contribution in [0.4, 0.5) is 11.4 Å². The molecule has 3 aromatic carbocycles. The minimum absolute atomic E-state index is 0.0233. The van der Waals surface area contributed by atoms with E-state index in [1.165, 1.54) is 36.9 Å². The number of aromatic carboxylic acids is 1. The number of carboxylic acid groups (broad SMARTS) is 1. The highest BCUT2D eigenvalue weighted by Gasteiger charge is 2.24. The topological polar surface area (TPSA) is 95.9 Å². The normalized spacial score (nSPS) is 14.6. The van der Waals surface area contributed by atoms with Crippen LogP contribution in [0.2, 0.25) is 0 Å². The van der Waals surface area contributed by atoms with E-state index in [1.54, 1.807) is 18.2 Å². The van der Waals surface area contributed by atoms with Crippen molar-refractivity contribution in [2.45, 2.75) is 24.2 Å². The van der Waals surface area contributed by atoms with E-state index >= 15 is 0 Å². The molecule has 4 rings (SSSR count). The monoisotopic (exact) mass is 480 g/mol. The molecule has 2 N–H and O–H groups in total. The van der Waals surface area contributed by atoms with Gasteiger partial charge in [-0.05, 0) is 73.2 Å². The fraction of sp³-hybridized carbons (Fsp3) is 0.269. The highest BCUT2D eigenvalue weighted by Crippen LogP contribution is 2.33. The molecule has 0 bridgehead atoms. The van der Waals surface area contributed by atoms with Crippen molar-refractivity contribution in [3.8, 4) is 5.75 Å². The largest absolute Gasteiger partial charge is 0.497 e. The van der Waals surface area contributed by atoms with Crippen molar-refractivity contribution in [1.82, 2.24) is 0 Å². The average Bonchev–Trinajstić information content (AvgIpc) is 2.85. The Morgan fingerprint density at radius 2 is 1.71 bits per heavy atom. The van der Waals surface area contributed by atoms with E-state index in [4.69, 9.17) is 4.74 Å². The minimum atomic E-state index is -3.92. The van der Waals surface area contributed by atoms with E-state index in [9.17, 15) is 18.3 Å². The minimum Gasteiger partial charge on any atom is -0.497 e. The van der Waals surface area contributed by atoms with Gasteiger partial charge in [0.25, 0.3) is 10.0 Å². The van der Waals surface area contributed by atoms with E-state index < -0.39 is 16.0 Å². The molecule has 0 atom stereocenters. The Balaban J connectivity index is 1.54. The Morgan fingerprint density at radius 3 is 2.32 bits per heavy atom. The molecule has 0 radical (unpaired) electrons. The van der Waals surface area contributed by atoms with Crippen molar-refractivity contribution < 1.29 is 23.1 Å². The van der Waals surface area contributed by atoms with Gasteiger partial charge in [-0.2, -0.15) is 0 Å². The molecule has 0 unspecified atom stereocenters. The number of nitrogens with zero attached hydrogens (tertiary/aromatic N) is 1. The Morgan fingerprint density at radius 1 is 1.03 bits per heavy atom. The molecule has 178 valence electrons. The van der Waals surface area contributed by atoms with Crippen molar-refractivity contribution in [3.05, 3.63) is 83.9 Å². The van der Waals surface area contributed by atoms with Gasteiger partial charge in [0.1, 0.15) is 5.75 Å². The van der Waals surface area contributed by atoms with Crippen LogP contribution in [0.5, 0.6) is 5.75 Å². The SMILES string of the molecule is COc1ccc(S(=O)(=O)Nc2cc(C(=O)O)ccc2N2CCC(Cc3ccccc3)CC2)cc1. The van der Waals surface area contributed by atoms with Gasteiger partial charge in [-0.1, -0.05) is 30.3 Å². The first-order valence-electron chi connectivity index (χ1n) is 11.2. The van der Waals surface area contributed by atoms with Crippen LogP contribution in [0.1, 0.15) is 28.8 Å². The number of nitrogens with one attached hydrogen (secondary N) is 1. The Hall–Kier alpha value is -3.52. The van der Waals surface area contributed by atoms with E-state index in [-0.39, 0.29) is 16.1 Å². The molecule has 0 amide bonds. The molecule has 1 fully saturated rings. The van der Waals surface area contributed by atoms with Crippen molar-refractivity contribution in [3.63, 3.8) is 0 Å². The van der Waals surface area contributed by atoms with Crippen molar-refractivity contribution >= 4 is 27.4 Å². The van der Waals surface area contributed by atoms with Gasteiger partial charge in [0.2, 0.25) is 0 Å². The van der Waals surface area contributed by atoms with Gasteiger partial charge in [0, 0.05) is 13.1 Å². The Bertz CT molecular complexity index is 1240. The van der Waals surface area contributed by atoms with Crippen molar-refractivity contribution in [2.75, 3.05) is 29.8 Å². The van der Waals surface area contributed by atoms with Crippen LogP contribution in [-0.4, -0.2) is 39.7 Å². The molecular weight excluding hydrogens is 452 g/mol. The summed E-state index contributed by atoms with van der Waals surface area (Å²) in [5, 5.41) is 9.45. The van der Waals surface area contributed by atoms with Gasteiger partial charge >= 0.3 is 5.97 Å². The zero-order chi connectivity index (χ0) is 24.1. The second-order valence-corrected chi connectivity index (χ2v) is 10.1. The Kier molecular flexibility index (Phi) is 7.07. The number of benzene rings is 3. The summed E-state index contributed by atoms with van der Waals surface area (Å²) in [6, 6.07) is 21.0. The third-order valence-electron chi connectivity index (χ3n) is 6.18. The number of hydrogen-bond acceptors (Lipinski definition) is 5. The number of carbonyl (C=O) groups is 1. The van der Waals surface area contributed by atoms with E-state index in [2.05, 4.69) is 33.9 Å². The highest BCUT2D eigenvalue weighted by molar-refractivity contribution is 7.92. The van der Waals surface area contributed by atoms with Crippen molar-refractivity contribution in [1.29, 1.82) is 0 Å². The number of rotatable bonds is 8. The van der Waals surface area contributed by atoms with Gasteiger partial charge in [0.15, 0.2) is 0 Å². The molecule has 0 spiro atoms. The molecule has 1 aliphatic heterocycles. The summed E-state index contributed by atoms with van der Waals surface area (Å²) in [5.74, 6) is -0.0136. The van der Waals surface area contributed by atoms with Gasteiger partial charge < -0.3 is 14.7 Å².